The Morgan fingerprint density at radius 2 is 1.71 bits per heavy atom. The second-order valence-electron chi connectivity index (χ2n) is 8.48. The van der Waals surface area contributed by atoms with Crippen molar-refractivity contribution in [3.63, 3.8) is 0 Å². The molecule has 180 valence electrons. The van der Waals surface area contributed by atoms with E-state index in [9.17, 15) is 9.59 Å². The minimum atomic E-state index is -0.400. The monoisotopic (exact) mass is 488 g/mol. The predicted octanol–water partition coefficient (Wildman–Crippen LogP) is 5.18. The Morgan fingerprint density at radius 1 is 1.06 bits per heavy atom. The third kappa shape index (κ3) is 4.88. The van der Waals surface area contributed by atoms with E-state index >= 15 is 0 Å². The Bertz CT molecular complexity index is 1340. The first kappa shape index (κ1) is 24.3. The van der Waals surface area contributed by atoms with Crippen molar-refractivity contribution in [2.24, 2.45) is 4.99 Å². The molecule has 1 aliphatic rings. The van der Waals surface area contributed by atoms with Crippen LogP contribution >= 0.6 is 11.8 Å². The Balaban J connectivity index is 1.61. The molecule has 1 aliphatic heterocycles. The lowest BCUT2D eigenvalue weighted by molar-refractivity contribution is -0.121. The van der Waals surface area contributed by atoms with Crippen LogP contribution in [-0.4, -0.2) is 54.8 Å². The fraction of sp³-hybridized carbons (Fsp3) is 0.222. The third-order valence-corrected chi connectivity index (χ3v) is 6.96. The largest absolute Gasteiger partial charge is 0.465 e. The van der Waals surface area contributed by atoms with Crippen molar-refractivity contribution >= 4 is 46.3 Å². The van der Waals surface area contributed by atoms with Crippen LogP contribution in [0.5, 0.6) is 0 Å². The van der Waals surface area contributed by atoms with E-state index in [-0.39, 0.29) is 5.91 Å². The Kier molecular flexibility index (Phi) is 6.84. The number of ether oxygens (including phenoxy) is 1. The highest BCUT2D eigenvalue weighted by Crippen LogP contribution is 2.34. The van der Waals surface area contributed by atoms with E-state index < -0.39 is 5.97 Å². The average molecular weight is 489 g/mol. The molecule has 0 bridgehead atoms. The van der Waals surface area contributed by atoms with Crippen LogP contribution in [-0.2, 0) is 9.53 Å². The van der Waals surface area contributed by atoms with Crippen LogP contribution in [0.4, 0.5) is 11.4 Å². The number of benzene rings is 2. The van der Waals surface area contributed by atoms with Crippen molar-refractivity contribution in [3.05, 3.63) is 82.0 Å². The van der Waals surface area contributed by atoms with Crippen LogP contribution < -0.4 is 4.90 Å². The van der Waals surface area contributed by atoms with E-state index in [1.807, 2.05) is 20.2 Å². The van der Waals surface area contributed by atoms with E-state index in [0.29, 0.717) is 21.3 Å². The quantitative estimate of drug-likeness (QED) is 0.366. The summed E-state index contributed by atoms with van der Waals surface area (Å²) in [6, 6.07) is 17.3. The van der Waals surface area contributed by atoms with E-state index in [2.05, 4.69) is 58.6 Å². The molecule has 8 heteroatoms. The number of likely N-dealkylation sites (N-methyl/N-ethyl adjacent to an activating group) is 1. The molecule has 0 aliphatic carbocycles. The third-order valence-electron chi connectivity index (χ3n) is 5.90. The van der Waals surface area contributed by atoms with E-state index in [1.54, 1.807) is 36.2 Å². The number of nitrogens with zero attached hydrogens (tertiary/aromatic N) is 4. The molecule has 1 saturated heterocycles. The van der Waals surface area contributed by atoms with Crippen molar-refractivity contribution in [2.75, 3.05) is 33.2 Å². The van der Waals surface area contributed by atoms with Gasteiger partial charge in [-0.2, -0.15) is 0 Å². The number of rotatable bonds is 5. The van der Waals surface area contributed by atoms with Crippen molar-refractivity contribution in [3.8, 4) is 5.69 Å². The molecule has 1 fully saturated rings. The highest BCUT2D eigenvalue weighted by molar-refractivity contribution is 8.18. The molecule has 1 aromatic heterocycles. The van der Waals surface area contributed by atoms with Gasteiger partial charge in [0.15, 0.2) is 5.17 Å². The lowest BCUT2D eigenvalue weighted by Crippen LogP contribution is -2.23. The number of carbonyl (C=O) groups excluding carboxylic acids is 2. The highest BCUT2D eigenvalue weighted by atomic mass is 32.2. The number of anilines is 1. The van der Waals surface area contributed by atoms with Gasteiger partial charge in [-0.1, -0.05) is 0 Å². The summed E-state index contributed by atoms with van der Waals surface area (Å²) in [6.45, 7) is 4.13. The number of esters is 1. The van der Waals surface area contributed by atoms with E-state index in [1.165, 1.54) is 18.9 Å². The van der Waals surface area contributed by atoms with Gasteiger partial charge in [0.1, 0.15) is 0 Å². The molecule has 0 N–H and O–H groups in total. The second-order valence-corrected chi connectivity index (χ2v) is 9.49. The number of carbonyl (C=O) groups is 2. The highest BCUT2D eigenvalue weighted by Gasteiger charge is 2.30. The number of aliphatic imine (C=N–C) groups is 1. The van der Waals surface area contributed by atoms with Crippen molar-refractivity contribution in [1.29, 1.82) is 0 Å². The maximum absolute atomic E-state index is 13.0. The van der Waals surface area contributed by atoms with Crippen molar-refractivity contribution < 1.29 is 14.3 Å². The maximum atomic E-state index is 13.0. The van der Waals surface area contributed by atoms with Crippen molar-refractivity contribution in [2.45, 2.75) is 13.8 Å². The molecule has 2 heterocycles. The molecule has 0 atom stereocenters. The zero-order chi connectivity index (χ0) is 25.3. The molecule has 0 unspecified atom stereocenters. The molecule has 4 rings (SSSR count). The molecular formula is C27H28N4O3S. The Labute approximate surface area is 209 Å². The minimum absolute atomic E-state index is 0.0972. The lowest BCUT2D eigenvalue weighted by Gasteiger charge is -2.14. The van der Waals surface area contributed by atoms with Crippen LogP contribution in [0.3, 0.4) is 0 Å². The zero-order valence-electron chi connectivity index (χ0n) is 20.7. The lowest BCUT2D eigenvalue weighted by atomic mass is 10.2. The molecule has 2 aromatic carbocycles. The van der Waals surface area contributed by atoms with Crippen LogP contribution in [0, 0.1) is 13.8 Å². The summed E-state index contributed by atoms with van der Waals surface area (Å²) in [6.07, 6.45) is 1.93. The van der Waals surface area contributed by atoms with Crippen LogP contribution in [0.25, 0.3) is 11.8 Å². The van der Waals surface area contributed by atoms with Crippen LogP contribution in [0.15, 0.2) is 64.5 Å². The topological polar surface area (TPSA) is 67.1 Å². The first-order valence-corrected chi connectivity index (χ1v) is 11.9. The number of hydrogen-bond acceptors (Lipinski definition) is 6. The SMILES string of the molecule is COC(=O)c1ccc(N=C2S/C(=C\c3cc(C)n(-c4ccc(N(C)C)cc4)c3C)C(=O)N2C)cc1. The molecule has 3 aromatic rings. The van der Waals surface area contributed by atoms with Gasteiger partial charge in [-0.05, 0) is 91.8 Å². The summed E-state index contributed by atoms with van der Waals surface area (Å²) in [5, 5.41) is 0.583. The summed E-state index contributed by atoms with van der Waals surface area (Å²) in [7, 11) is 7.10. The summed E-state index contributed by atoms with van der Waals surface area (Å²) < 4.78 is 6.92. The van der Waals surface area contributed by atoms with Crippen LogP contribution in [0.2, 0.25) is 0 Å². The first-order chi connectivity index (χ1) is 16.7. The maximum Gasteiger partial charge on any atom is 0.337 e. The fourth-order valence-corrected chi connectivity index (χ4v) is 4.90. The van der Waals surface area contributed by atoms with Gasteiger partial charge in [0.05, 0.1) is 23.3 Å². The summed E-state index contributed by atoms with van der Waals surface area (Å²) in [4.78, 5) is 33.4. The normalized spacial score (nSPS) is 15.8. The number of amides is 1. The average Bonchev–Trinajstić information content (AvgIpc) is 3.28. The van der Waals surface area contributed by atoms with Gasteiger partial charge in [0.2, 0.25) is 0 Å². The Morgan fingerprint density at radius 3 is 2.31 bits per heavy atom. The molecule has 35 heavy (non-hydrogen) atoms. The predicted molar refractivity (Wildman–Crippen MR) is 143 cm³/mol. The second kappa shape index (κ2) is 9.84. The fourth-order valence-electron chi connectivity index (χ4n) is 3.92. The Hall–Kier alpha value is -3.78. The number of amidine groups is 1. The van der Waals surface area contributed by atoms with Gasteiger partial charge < -0.3 is 14.2 Å². The summed E-state index contributed by atoms with van der Waals surface area (Å²) in [5.74, 6) is -0.497. The number of aryl methyl sites for hydroxylation is 1. The molecule has 1 amide bonds. The number of hydrogen-bond donors (Lipinski definition) is 0. The first-order valence-electron chi connectivity index (χ1n) is 11.1. The number of thioether (sulfide) groups is 1. The number of methoxy groups -OCH3 is 1. The van der Waals surface area contributed by atoms with Gasteiger partial charge in [-0.25, -0.2) is 9.79 Å². The molecule has 7 nitrogen and oxygen atoms in total. The molecule has 0 radical (unpaired) electrons. The van der Waals surface area contributed by atoms with Gasteiger partial charge >= 0.3 is 5.97 Å². The smallest absolute Gasteiger partial charge is 0.337 e. The molecule has 0 spiro atoms. The number of aromatic nitrogens is 1. The standard InChI is InChI=1S/C27H28N4O3S/c1-17-15-20(18(2)31(17)23-13-11-22(12-14-23)29(3)4)16-24-25(32)30(5)27(35-24)28-21-9-7-19(8-10-21)26(33)34-6/h7-16H,1-6H3/b24-16-,28-27?. The summed E-state index contributed by atoms with van der Waals surface area (Å²) >= 11 is 1.34. The molecule has 0 saturated carbocycles. The van der Waals surface area contributed by atoms with E-state index in [0.717, 1.165) is 28.3 Å². The van der Waals surface area contributed by atoms with Gasteiger partial charge in [-0.3, -0.25) is 9.69 Å². The van der Waals surface area contributed by atoms with Crippen LogP contribution in [0.1, 0.15) is 27.3 Å². The van der Waals surface area contributed by atoms with E-state index in [4.69, 9.17) is 4.74 Å². The van der Waals surface area contributed by atoms with Crippen molar-refractivity contribution in [1.82, 2.24) is 9.47 Å². The van der Waals surface area contributed by atoms with Gasteiger partial charge in [0, 0.05) is 43.9 Å². The van der Waals surface area contributed by atoms with Gasteiger partial charge in [-0.15, -0.1) is 0 Å². The zero-order valence-corrected chi connectivity index (χ0v) is 21.5. The summed E-state index contributed by atoms with van der Waals surface area (Å²) in [5.41, 5.74) is 6.47. The molecular weight excluding hydrogens is 460 g/mol. The van der Waals surface area contributed by atoms with Gasteiger partial charge in [0.25, 0.3) is 5.91 Å². The minimum Gasteiger partial charge on any atom is -0.465 e.